The van der Waals surface area contributed by atoms with Crippen LogP contribution in [0.25, 0.3) is 0 Å². The van der Waals surface area contributed by atoms with Crippen LogP contribution in [0.1, 0.15) is 38.5 Å². The molecule has 2 atom stereocenters. The number of alkyl halides is 4. The first-order chi connectivity index (χ1) is 11.8. The number of halogens is 4. The van der Waals surface area contributed by atoms with E-state index in [0.717, 1.165) is 12.8 Å². The van der Waals surface area contributed by atoms with Crippen molar-refractivity contribution in [2.45, 2.75) is 55.8 Å². The zero-order chi connectivity index (χ0) is 19.5. The molecule has 4 aliphatic rings. The Balaban J connectivity index is 1.62. The smallest absolute Gasteiger partial charge is 0.431 e. The van der Waals surface area contributed by atoms with Crippen LogP contribution in [0.4, 0.5) is 17.6 Å². The minimum absolute atomic E-state index is 0.0564. The minimum atomic E-state index is -6.31. The average molecular weight is 404 g/mol. The molecule has 11 heteroatoms. The molecule has 4 fully saturated rings. The molecule has 0 heterocycles. The van der Waals surface area contributed by atoms with Gasteiger partial charge in [-0.2, -0.15) is 26.0 Å². The van der Waals surface area contributed by atoms with Gasteiger partial charge < -0.3 is 9.84 Å². The Morgan fingerprint density at radius 3 is 2.15 bits per heavy atom. The molecule has 4 aliphatic carbocycles. The summed E-state index contributed by atoms with van der Waals surface area (Å²) in [6, 6.07) is 0. The van der Waals surface area contributed by atoms with Gasteiger partial charge in [-0.3, -0.25) is 9.35 Å². The number of hydrogen-bond donors (Lipinski definition) is 2. The second-order valence-corrected chi connectivity index (χ2v) is 9.29. The Kier molecular flexibility index (Phi) is 4.60. The summed E-state index contributed by atoms with van der Waals surface area (Å²) in [5.41, 5.74) is -0.892. The summed E-state index contributed by atoms with van der Waals surface area (Å²) in [4.78, 5) is 12.4. The number of aliphatic hydroxyl groups is 1. The van der Waals surface area contributed by atoms with E-state index in [-0.39, 0.29) is 17.8 Å². The minimum Gasteiger partial charge on any atom is -0.465 e. The van der Waals surface area contributed by atoms with Crippen LogP contribution >= 0.6 is 0 Å². The Morgan fingerprint density at radius 1 is 1.12 bits per heavy atom. The highest BCUT2D eigenvalue weighted by atomic mass is 32.2. The zero-order valence-corrected chi connectivity index (χ0v) is 14.5. The van der Waals surface area contributed by atoms with Crippen LogP contribution < -0.4 is 0 Å². The number of rotatable bonds is 6. The maximum absolute atomic E-state index is 13.4. The molecule has 150 valence electrons. The Bertz CT molecular complexity index is 678. The molecule has 4 bridgehead atoms. The van der Waals surface area contributed by atoms with Crippen LogP contribution in [0.5, 0.6) is 0 Å². The monoisotopic (exact) mass is 404 g/mol. The van der Waals surface area contributed by atoms with Gasteiger partial charge in [0.25, 0.3) is 0 Å². The third-order valence-corrected chi connectivity index (χ3v) is 7.00. The van der Waals surface area contributed by atoms with Gasteiger partial charge in [0, 0.05) is 0 Å². The fraction of sp³-hybridized carbons (Fsp3) is 0.933. The van der Waals surface area contributed by atoms with Crippen LogP contribution in [-0.2, 0) is 19.6 Å². The lowest BCUT2D eigenvalue weighted by atomic mass is 9.48. The standard InChI is InChI=1S/C15H20F4O6S/c16-14(17,15(18,19)26(22,23)24)1-2-25-12(21)13-5-8-3-9(6-13)11(20)10(4-8)7-13/h8-11,20H,1-7H2,(H,22,23,24). The molecule has 0 aromatic heterocycles. The summed E-state index contributed by atoms with van der Waals surface area (Å²) >= 11 is 0. The normalized spacial score (nSPS) is 37.0. The number of ether oxygens (including phenoxy) is 1. The van der Waals surface area contributed by atoms with Crippen LogP contribution in [0.3, 0.4) is 0 Å². The van der Waals surface area contributed by atoms with E-state index in [1.54, 1.807) is 0 Å². The summed E-state index contributed by atoms with van der Waals surface area (Å²) in [6.45, 7) is -1.10. The van der Waals surface area contributed by atoms with Crippen molar-refractivity contribution in [3.63, 3.8) is 0 Å². The quantitative estimate of drug-likeness (QED) is 0.400. The van der Waals surface area contributed by atoms with Crippen molar-refractivity contribution in [2.75, 3.05) is 6.61 Å². The second kappa shape index (κ2) is 6.03. The van der Waals surface area contributed by atoms with Crippen LogP contribution in [0, 0.1) is 23.2 Å². The van der Waals surface area contributed by atoms with Crippen molar-refractivity contribution in [3.8, 4) is 0 Å². The lowest BCUT2D eigenvalue weighted by Crippen LogP contribution is -2.56. The lowest BCUT2D eigenvalue weighted by Gasteiger charge is -2.57. The number of esters is 1. The van der Waals surface area contributed by atoms with Gasteiger partial charge in [0.05, 0.1) is 24.5 Å². The molecule has 0 saturated heterocycles. The zero-order valence-electron chi connectivity index (χ0n) is 13.7. The first kappa shape index (κ1) is 19.8. The average Bonchev–Trinajstić information content (AvgIpc) is 2.50. The van der Waals surface area contributed by atoms with Crippen molar-refractivity contribution in [3.05, 3.63) is 0 Å². The largest absolute Gasteiger partial charge is 0.465 e. The number of carbonyl (C=O) groups excluding carboxylic acids is 1. The molecule has 0 aliphatic heterocycles. The van der Waals surface area contributed by atoms with E-state index < -0.39 is 51.8 Å². The molecule has 0 aromatic carbocycles. The molecule has 0 radical (unpaired) electrons. The molecule has 2 unspecified atom stereocenters. The van der Waals surface area contributed by atoms with Gasteiger partial charge >= 0.3 is 27.3 Å². The SMILES string of the molecule is O=C(OCCC(F)(F)C(F)(F)S(=O)(=O)O)C12CC3CC(C1)C(O)C(C3)C2. The van der Waals surface area contributed by atoms with Crippen molar-refractivity contribution in [1.82, 2.24) is 0 Å². The fourth-order valence-electron chi connectivity index (χ4n) is 5.01. The van der Waals surface area contributed by atoms with Gasteiger partial charge in [0.2, 0.25) is 0 Å². The van der Waals surface area contributed by atoms with Crippen LogP contribution in [0.15, 0.2) is 0 Å². The van der Waals surface area contributed by atoms with E-state index in [0.29, 0.717) is 19.3 Å². The molecule has 4 rings (SSSR count). The number of hydrogen-bond acceptors (Lipinski definition) is 5. The molecular formula is C15H20F4O6S. The lowest BCUT2D eigenvalue weighted by molar-refractivity contribution is -0.192. The predicted octanol–water partition coefficient (Wildman–Crippen LogP) is 2.22. The maximum atomic E-state index is 13.4. The topological polar surface area (TPSA) is 101 Å². The van der Waals surface area contributed by atoms with Gasteiger partial charge in [-0.15, -0.1) is 0 Å². The molecule has 6 nitrogen and oxygen atoms in total. The summed E-state index contributed by atoms with van der Waals surface area (Å²) in [6.07, 6.45) is 0.625. The van der Waals surface area contributed by atoms with E-state index in [2.05, 4.69) is 0 Å². The third-order valence-electron chi connectivity index (χ3n) is 6.06. The molecule has 0 amide bonds. The molecule has 2 N–H and O–H groups in total. The maximum Gasteiger partial charge on any atom is 0.431 e. The molecule has 0 spiro atoms. The molecular weight excluding hydrogens is 384 g/mol. The van der Waals surface area contributed by atoms with E-state index in [9.17, 15) is 35.9 Å². The predicted molar refractivity (Wildman–Crippen MR) is 79.0 cm³/mol. The number of carbonyl (C=O) groups is 1. The Labute approximate surface area is 147 Å². The van der Waals surface area contributed by atoms with Crippen molar-refractivity contribution in [2.24, 2.45) is 23.2 Å². The highest BCUT2D eigenvalue weighted by Crippen LogP contribution is 2.60. The van der Waals surface area contributed by atoms with Crippen LogP contribution in [0.2, 0.25) is 0 Å². The summed E-state index contributed by atoms with van der Waals surface area (Å²) in [7, 11) is -6.31. The molecule has 4 saturated carbocycles. The first-order valence-corrected chi connectivity index (χ1v) is 9.81. The van der Waals surface area contributed by atoms with E-state index in [1.807, 2.05) is 0 Å². The van der Waals surface area contributed by atoms with Crippen molar-refractivity contribution in [1.29, 1.82) is 0 Å². The van der Waals surface area contributed by atoms with Gasteiger partial charge in [0.1, 0.15) is 0 Å². The van der Waals surface area contributed by atoms with Crippen LogP contribution in [-0.4, -0.2) is 47.9 Å². The highest BCUT2D eigenvalue weighted by molar-refractivity contribution is 7.87. The second-order valence-electron chi connectivity index (χ2n) is 7.82. The Morgan fingerprint density at radius 2 is 1.65 bits per heavy atom. The van der Waals surface area contributed by atoms with E-state index in [4.69, 9.17) is 9.29 Å². The van der Waals surface area contributed by atoms with Gasteiger partial charge in [-0.05, 0) is 49.9 Å². The first-order valence-electron chi connectivity index (χ1n) is 8.37. The fourth-order valence-corrected chi connectivity index (χ4v) is 5.49. The number of aliphatic hydroxyl groups excluding tert-OH is 1. The Hall–Kier alpha value is -0.940. The van der Waals surface area contributed by atoms with Gasteiger partial charge in [-0.25, -0.2) is 0 Å². The van der Waals surface area contributed by atoms with E-state index in [1.165, 1.54) is 0 Å². The van der Waals surface area contributed by atoms with E-state index >= 15 is 0 Å². The molecule has 0 aromatic rings. The summed E-state index contributed by atoms with van der Waals surface area (Å²) in [5, 5.41) is 4.49. The van der Waals surface area contributed by atoms with Gasteiger partial charge in [-0.1, -0.05) is 0 Å². The molecule has 26 heavy (non-hydrogen) atoms. The van der Waals surface area contributed by atoms with Crippen molar-refractivity contribution < 1.29 is 45.2 Å². The van der Waals surface area contributed by atoms with Gasteiger partial charge in [0.15, 0.2) is 0 Å². The summed E-state index contributed by atoms with van der Waals surface area (Å²) in [5.74, 6) is -5.72. The summed E-state index contributed by atoms with van der Waals surface area (Å²) < 4.78 is 87.1. The highest BCUT2D eigenvalue weighted by Gasteiger charge is 2.65. The third kappa shape index (κ3) is 3.01. The van der Waals surface area contributed by atoms with Crippen molar-refractivity contribution >= 4 is 16.1 Å².